The Balaban J connectivity index is 2.06. The fraction of sp³-hybridized carbons (Fsp3) is 0.375. The normalized spacial score (nSPS) is 13.9. The lowest BCUT2D eigenvalue weighted by molar-refractivity contribution is -0.142. The number of nitrogens with two attached hydrogens (primary N) is 2. The number of phosphoric acid groups is 2. The van der Waals surface area contributed by atoms with Gasteiger partial charge in [0.25, 0.3) is 0 Å². The Morgan fingerprint density at radius 3 is 1.62 bits per heavy atom. The molecule has 18 heteroatoms. The van der Waals surface area contributed by atoms with Gasteiger partial charge in [-0.2, -0.15) is 0 Å². The van der Waals surface area contributed by atoms with Gasteiger partial charge in [-0.05, 0) is 67.6 Å². The lowest BCUT2D eigenvalue weighted by atomic mass is 10.0. The second-order valence-electron chi connectivity index (χ2n) is 9.21. The Morgan fingerprint density at radius 2 is 1.19 bits per heavy atom. The van der Waals surface area contributed by atoms with Crippen molar-refractivity contribution in [2.24, 2.45) is 11.5 Å². The molecule has 2 aromatic carbocycles. The molecular formula is C24H34N4O12P2. The average Bonchev–Trinajstić information content (AvgIpc) is 2.88. The van der Waals surface area contributed by atoms with E-state index >= 15 is 0 Å². The summed E-state index contributed by atoms with van der Waals surface area (Å²) in [6.45, 7) is 0.336. The SMILES string of the molecule is NCCCCC(NC(=O)C(N)Cc1ccc(OP(=O)(O)O)cc1)C(=O)NC(Cc1ccc(OP(=O)(O)O)cc1)C(=O)O. The third kappa shape index (κ3) is 13.1. The molecule has 232 valence electrons. The van der Waals surface area contributed by atoms with Gasteiger partial charge < -0.3 is 36.3 Å². The van der Waals surface area contributed by atoms with Crippen molar-refractivity contribution in [3.8, 4) is 11.5 Å². The predicted molar refractivity (Wildman–Crippen MR) is 148 cm³/mol. The first-order valence-electron chi connectivity index (χ1n) is 12.5. The van der Waals surface area contributed by atoms with Crippen molar-refractivity contribution < 1.29 is 57.2 Å². The zero-order valence-corrected chi connectivity index (χ0v) is 24.0. The van der Waals surface area contributed by atoms with Crippen LogP contribution in [0.2, 0.25) is 0 Å². The van der Waals surface area contributed by atoms with Gasteiger partial charge in [0, 0.05) is 6.42 Å². The first-order valence-corrected chi connectivity index (χ1v) is 15.6. The smallest absolute Gasteiger partial charge is 0.480 e. The van der Waals surface area contributed by atoms with E-state index in [0.29, 0.717) is 30.5 Å². The topological polar surface area (TPSA) is 281 Å². The zero-order valence-electron chi connectivity index (χ0n) is 22.2. The van der Waals surface area contributed by atoms with Crippen LogP contribution in [0.15, 0.2) is 48.5 Å². The Morgan fingerprint density at radius 1 is 0.738 bits per heavy atom. The second kappa shape index (κ2) is 15.8. The number of carboxylic acid groups (broad SMARTS) is 1. The van der Waals surface area contributed by atoms with E-state index in [1.54, 1.807) is 0 Å². The van der Waals surface area contributed by atoms with E-state index in [1.165, 1.54) is 48.5 Å². The van der Waals surface area contributed by atoms with Crippen molar-refractivity contribution in [3.63, 3.8) is 0 Å². The molecule has 0 radical (unpaired) electrons. The molecule has 0 saturated heterocycles. The maximum absolute atomic E-state index is 13.1. The van der Waals surface area contributed by atoms with Crippen molar-refractivity contribution in [1.29, 1.82) is 0 Å². The summed E-state index contributed by atoms with van der Waals surface area (Å²) in [4.78, 5) is 73.4. The monoisotopic (exact) mass is 632 g/mol. The summed E-state index contributed by atoms with van der Waals surface area (Å²) in [5.41, 5.74) is 12.5. The lowest BCUT2D eigenvalue weighted by Crippen LogP contribution is -2.55. The van der Waals surface area contributed by atoms with Crippen LogP contribution in [0.4, 0.5) is 0 Å². The van der Waals surface area contributed by atoms with Crippen molar-refractivity contribution >= 4 is 33.4 Å². The van der Waals surface area contributed by atoms with E-state index in [4.69, 9.17) is 31.0 Å². The number of benzene rings is 2. The maximum Gasteiger partial charge on any atom is 0.524 e. The molecule has 2 aromatic rings. The molecule has 2 amide bonds. The van der Waals surface area contributed by atoms with Crippen LogP contribution in [0.3, 0.4) is 0 Å². The van der Waals surface area contributed by atoms with Gasteiger partial charge in [-0.25, -0.2) is 13.9 Å². The molecule has 3 atom stereocenters. The van der Waals surface area contributed by atoms with Crippen molar-refractivity contribution in [3.05, 3.63) is 59.7 Å². The summed E-state index contributed by atoms with van der Waals surface area (Å²) < 4.78 is 30.8. The van der Waals surface area contributed by atoms with Crippen molar-refractivity contribution in [2.75, 3.05) is 6.54 Å². The van der Waals surface area contributed by atoms with E-state index < -0.39 is 51.6 Å². The molecule has 0 aliphatic carbocycles. The molecule has 42 heavy (non-hydrogen) atoms. The van der Waals surface area contributed by atoms with Crippen LogP contribution < -0.4 is 31.1 Å². The van der Waals surface area contributed by atoms with E-state index in [9.17, 15) is 28.6 Å². The molecule has 3 unspecified atom stereocenters. The van der Waals surface area contributed by atoms with Crippen LogP contribution >= 0.6 is 15.6 Å². The number of rotatable bonds is 17. The van der Waals surface area contributed by atoms with Crippen molar-refractivity contribution in [2.45, 2.75) is 50.2 Å². The molecule has 2 rings (SSSR count). The van der Waals surface area contributed by atoms with Gasteiger partial charge in [0.15, 0.2) is 0 Å². The van der Waals surface area contributed by atoms with Crippen LogP contribution in [0, 0.1) is 0 Å². The Hall–Kier alpha value is -3.33. The summed E-state index contributed by atoms with van der Waals surface area (Å²) in [6, 6.07) is 7.13. The fourth-order valence-corrected chi connectivity index (χ4v) is 4.54. The van der Waals surface area contributed by atoms with Gasteiger partial charge >= 0.3 is 21.6 Å². The lowest BCUT2D eigenvalue weighted by Gasteiger charge is -2.23. The van der Waals surface area contributed by atoms with E-state index in [1.807, 2.05) is 0 Å². The first kappa shape index (κ1) is 34.9. The Kier molecular flexibility index (Phi) is 13.1. The standard InChI is InChI=1S/C24H34N4O12P2/c25-12-2-1-3-20(27-22(29)19(26)13-15-4-8-17(9-5-15)39-41(33,34)35)23(30)28-21(24(31)32)14-16-6-10-18(11-7-16)40-42(36,37)38/h4-11,19-21H,1-3,12-14,25-26H2,(H,27,29)(H,28,30)(H,31,32)(H2,33,34,35)(H2,36,37,38). The number of carbonyl (C=O) groups excluding carboxylic acids is 2. The molecule has 0 aromatic heterocycles. The Bertz CT molecular complexity index is 1300. The average molecular weight is 633 g/mol. The molecule has 0 heterocycles. The number of phosphoric ester groups is 2. The highest BCUT2D eigenvalue weighted by atomic mass is 31.2. The highest BCUT2D eigenvalue weighted by molar-refractivity contribution is 7.47. The molecule has 0 aliphatic heterocycles. The summed E-state index contributed by atoms with van der Waals surface area (Å²) in [6.07, 6.45) is 0.974. The maximum atomic E-state index is 13.1. The number of carboxylic acids is 1. The molecule has 16 nitrogen and oxygen atoms in total. The van der Waals surface area contributed by atoms with Crippen LogP contribution in [-0.2, 0) is 36.4 Å². The number of amides is 2. The van der Waals surface area contributed by atoms with Gasteiger partial charge in [-0.1, -0.05) is 24.3 Å². The van der Waals surface area contributed by atoms with E-state index in [0.717, 1.165) is 0 Å². The highest BCUT2D eigenvalue weighted by Gasteiger charge is 2.28. The fourth-order valence-electron chi connectivity index (χ4n) is 3.74. The van der Waals surface area contributed by atoms with Crippen LogP contribution in [0.25, 0.3) is 0 Å². The minimum Gasteiger partial charge on any atom is -0.480 e. The van der Waals surface area contributed by atoms with Crippen LogP contribution in [0.5, 0.6) is 11.5 Å². The van der Waals surface area contributed by atoms with E-state index in [2.05, 4.69) is 19.7 Å². The second-order valence-corrected chi connectivity index (χ2v) is 11.5. The molecule has 0 saturated carbocycles. The molecule has 0 aliphatic rings. The van der Waals surface area contributed by atoms with E-state index in [-0.39, 0.29) is 30.8 Å². The highest BCUT2D eigenvalue weighted by Crippen LogP contribution is 2.38. The summed E-state index contributed by atoms with van der Waals surface area (Å²) in [5, 5.41) is 14.6. The summed E-state index contributed by atoms with van der Waals surface area (Å²) >= 11 is 0. The van der Waals surface area contributed by atoms with Gasteiger partial charge in [0.2, 0.25) is 11.8 Å². The third-order valence-electron chi connectivity index (χ3n) is 5.72. The van der Waals surface area contributed by atoms with Gasteiger partial charge in [-0.3, -0.25) is 29.2 Å². The minimum atomic E-state index is -4.77. The van der Waals surface area contributed by atoms with Gasteiger partial charge in [0.1, 0.15) is 23.6 Å². The molecule has 0 spiro atoms. The number of aliphatic carboxylic acids is 1. The zero-order chi connectivity index (χ0) is 31.5. The summed E-state index contributed by atoms with van der Waals surface area (Å²) in [7, 11) is -9.50. The third-order valence-corrected chi connectivity index (χ3v) is 6.62. The number of hydrogen-bond acceptors (Lipinski definition) is 9. The number of hydrogen-bond donors (Lipinski definition) is 9. The summed E-state index contributed by atoms with van der Waals surface area (Å²) in [5.74, 6) is -3.02. The van der Waals surface area contributed by atoms with Gasteiger partial charge in [-0.15, -0.1) is 0 Å². The largest absolute Gasteiger partial charge is 0.524 e. The Labute approximate surface area is 240 Å². The van der Waals surface area contributed by atoms with Crippen LogP contribution in [-0.4, -0.2) is 67.1 Å². The molecule has 0 bridgehead atoms. The van der Waals surface area contributed by atoms with Crippen molar-refractivity contribution in [1.82, 2.24) is 10.6 Å². The molecule has 11 N–H and O–H groups in total. The quantitative estimate of drug-likeness (QED) is 0.0815. The number of carbonyl (C=O) groups is 3. The first-order chi connectivity index (χ1) is 19.6. The number of unbranched alkanes of at least 4 members (excludes halogenated alkanes) is 1. The van der Waals surface area contributed by atoms with Gasteiger partial charge in [0.05, 0.1) is 6.04 Å². The number of nitrogens with one attached hydrogen (secondary N) is 2. The molecular weight excluding hydrogens is 598 g/mol. The predicted octanol–water partition coefficient (Wildman–Crippen LogP) is -0.0747. The molecule has 0 fully saturated rings. The van der Waals surface area contributed by atoms with Crippen LogP contribution in [0.1, 0.15) is 30.4 Å². The minimum absolute atomic E-state index is 0.0125.